The minimum atomic E-state index is -0.0701. The summed E-state index contributed by atoms with van der Waals surface area (Å²) in [4.78, 5) is 16.7. The van der Waals surface area contributed by atoms with Gasteiger partial charge in [0.05, 0.1) is 22.8 Å². The summed E-state index contributed by atoms with van der Waals surface area (Å²) in [7, 11) is 0. The number of hydrogen-bond acceptors (Lipinski definition) is 4. The summed E-state index contributed by atoms with van der Waals surface area (Å²) in [5, 5.41) is 9.23. The minimum absolute atomic E-state index is 0.0701. The number of carbonyl (C=O) groups excluding carboxylic acids is 1. The number of aromatic nitrogens is 1. The molecule has 1 aromatic carbocycles. The van der Waals surface area contributed by atoms with Gasteiger partial charge in [0.1, 0.15) is 0 Å². The zero-order valence-corrected chi connectivity index (χ0v) is 13.5. The quantitative estimate of drug-likeness (QED) is 0.858. The van der Waals surface area contributed by atoms with Gasteiger partial charge in [-0.25, -0.2) is 4.98 Å². The monoisotopic (exact) mass is 303 g/mol. The van der Waals surface area contributed by atoms with E-state index in [4.69, 9.17) is 0 Å². The molecule has 0 radical (unpaired) electrons. The van der Waals surface area contributed by atoms with Crippen molar-refractivity contribution < 1.29 is 4.79 Å². The van der Waals surface area contributed by atoms with Gasteiger partial charge >= 0.3 is 0 Å². The molecule has 2 N–H and O–H groups in total. The average Bonchev–Trinajstić information content (AvgIpc) is 2.88. The summed E-state index contributed by atoms with van der Waals surface area (Å²) in [5.74, 6) is -0.0701. The molecular formula is C16H21N3OS. The van der Waals surface area contributed by atoms with Gasteiger partial charge in [-0.1, -0.05) is 13.0 Å². The normalized spacial score (nSPS) is 10.4. The molecule has 0 bridgehead atoms. The van der Waals surface area contributed by atoms with Crippen LogP contribution in [0.15, 0.2) is 23.6 Å². The van der Waals surface area contributed by atoms with Crippen molar-refractivity contribution in [3.8, 4) is 0 Å². The zero-order chi connectivity index (χ0) is 15.2. The van der Waals surface area contributed by atoms with Gasteiger partial charge in [0.15, 0.2) is 0 Å². The Morgan fingerprint density at radius 3 is 2.81 bits per heavy atom. The van der Waals surface area contributed by atoms with E-state index in [1.807, 2.05) is 37.4 Å². The second-order valence-electron chi connectivity index (χ2n) is 5.02. The Morgan fingerprint density at radius 1 is 1.33 bits per heavy atom. The number of anilines is 1. The van der Waals surface area contributed by atoms with E-state index in [1.54, 1.807) is 11.3 Å². The summed E-state index contributed by atoms with van der Waals surface area (Å²) < 4.78 is 0. The van der Waals surface area contributed by atoms with Crippen LogP contribution < -0.4 is 10.6 Å². The molecule has 1 heterocycles. The number of nitrogens with zero attached hydrogens (tertiary/aromatic N) is 1. The molecule has 0 atom stereocenters. The van der Waals surface area contributed by atoms with E-state index in [2.05, 4.69) is 22.5 Å². The first-order valence-corrected chi connectivity index (χ1v) is 8.02. The molecule has 2 rings (SSSR count). The topological polar surface area (TPSA) is 54.0 Å². The minimum Gasteiger partial charge on any atom is -0.384 e. The predicted octanol–water partition coefficient (Wildman–Crippen LogP) is 3.51. The standard InChI is InChI=1S/C16H21N3OS/c1-4-7-17-15-8-11(2)5-6-14(15)16(20)18-9-13-10-21-12(3)19-13/h5-6,8,10,17H,4,7,9H2,1-3H3,(H,18,20). The number of aryl methyl sites for hydroxylation is 2. The largest absolute Gasteiger partial charge is 0.384 e. The zero-order valence-electron chi connectivity index (χ0n) is 12.7. The summed E-state index contributed by atoms with van der Waals surface area (Å²) in [6.07, 6.45) is 1.02. The van der Waals surface area contributed by atoms with Crippen molar-refractivity contribution in [3.05, 3.63) is 45.4 Å². The smallest absolute Gasteiger partial charge is 0.253 e. The van der Waals surface area contributed by atoms with Crippen LogP contribution in [0.25, 0.3) is 0 Å². The van der Waals surface area contributed by atoms with Crippen molar-refractivity contribution in [2.75, 3.05) is 11.9 Å². The van der Waals surface area contributed by atoms with Crippen LogP contribution in [0.1, 0.15) is 40.0 Å². The summed E-state index contributed by atoms with van der Waals surface area (Å²) >= 11 is 1.59. The van der Waals surface area contributed by atoms with Gasteiger partial charge in [-0.2, -0.15) is 0 Å². The third kappa shape index (κ3) is 4.29. The number of rotatable bonds is 6. The fourth-order valence-electron chi connectivity index (χ4n) is 2.02. The van der Waals surface area contributed by atoms with Crippen LogP contribution in [0.3, 0.4) is 0 Å². The Morgan fingerprint density at radius 2 is 2.14 bits per heavy atom. The van der Waals surface area contributed by atoms with Gasteiger partial charge < -0.3 is 10.6 Å². The predicted molar refractivity (Wildman–Crippen MR) is 88.0 cm³/mol. The number of benzene rings is 1. The lowest BCUT2D eigenvalue weighted by Gasteiger charge is -2.12. The number of nitrogens with one attached hydrogen (secondary N) is 2. The molecule has 0 saturated heterocycles. The van der Waals surface area contributed by atoms with Gasteiger partial charge in [0.2, 0.25) is 0 Å². The molecule has 0 unspecified atom stereocenters. The number of thiazole rings is 1. The fourth-order valence-corrected chi connectivity index (χ4v) is 2.63. The number of carbonyl (C=O) groups is 1. The number of amides is 1. The van der Waals surface area contributed by atoms with Crippen LogP contribution in [-0.4, -0.2) is 17.4 Å². The van der Waals surface area contributed by atoms with Crippen LogP contribution >= 0.6 is 11.3 Å². The fraction of sp³-hybridized carbons (Fsp3) is 0.375. The molecule has 0 aliphatic carbocycles. The van der Waals surface area contributed by atoms with Crippen LogP contribution in [0.5, 0.6) is 0 Å². The van der Waals surface area contributed by atoms with Gasteiger partial charge in [-0.15, -0.1) is 11.3 Å². The van der Waals surface area contributed by atoms with Crippen LogP contribution in [0.4, 0.5) is 5.69 Å². The molecule has 1 aromatic heterocycles. The highest BCUT2D eigenvalue weighted by molar-refractivity contribution is 7.09. The molecule has 0 aliphatic rings. The van der Waals surface area contributed by atoms with Crippen molar-refractivity contribution in [1.82, 2.24) is 10.3 Å². The first-order chi connectivity index (χ1) is 10.1. The van der Waals surface area contributed by atoms with Crippen molar-refractivity contribution >= 4 is 22.9 Å². The molecule has 112 valence electrons. The third-order valence-corrected chi connectivity index (χ3v) is 3.90. The molecular weight excluding hydrogens is 282 g/mol. The molecule has 0 saturated carbocycles. The molecule has 5 heteroatoms. The molecule has 0 aliphatic heterocycles. The van der Waals surface area contributed by atoms with E-state index < -0.39 is 0 Å². The van der Waals surface area contributed by atoms with Crippen molar-refractivity contribution in [1.29, 1.82) is 0 Å². The Labute approximate surface area is 129 Å². The van der Waals surface area contributed by atoms with E-state index >= 15 is 0 Å². The third-order valence-electron chi connectivity index (χ3n) is 3.08. The SMILES string of the molecule is CCCNc1cc(C)ccc1C(=O)NCc1csc(C)n1. The highest BCUT2D eigenvalue weighted by Gasteiger charge is 2.11. The second-order valence-corrected chi connectivity index (χ2v) is 6.08. The van der Waals surface area contributed by atoms with Gasteiger partial charge in [-0.3, -0.25) is 4.79 Å². The first-order valence-electron chi connectivity index (χ1n) is 7.14. The molecule has 0 fully saturated rings. The van der Waals surface area contributed by atoms with E-state index in [-0.39, 0.29) is 5.91 Å². The highest BCUT2D eigenvalue weighted by Crippen LogP contribution is 2.18. The Bertz CT molecular complexity index is 622. The Hall–Kier alpha value is -1.88. The number of hydrogen-bond donors (Lipinski definition) is 2. The maximum Gasteiger partial charge on any atom is 0.253 e. The highest BCUT2D eigenvalue weighted by atomic mass is 32.1. The maximum atomic E-state index is 12.3. The van der Waals surface area contributed by atoms with Crippen molar-refractivity contribution in [2.24, 2.45) is 0 Å². The van der Waals surface area contributed by atoms with Crippen LogP contribution in [0.2, 0.25) is 0 Å². The Balaban J connectivity index is 2.07. The van der Waals surface area contributed by atoms with Gasteiger partial charge in [0, 0.05) is 17.6 Å². The van der Waals surface area contributed by atoms with E-state index in [9.17, 15) is 4.79 Å². The summed E-state index contributed by atoms with van der Waals surface area (Å²) in [6.45, 7) is 7.41. The summed E-state index contributed by atoms with van der Waals surface area (Å²) in [6, 6.07) is 5.84. The molecule has 0 spiro atoms. The lowest BCUT2D eigenvalue weighted by Crippen LogP contribution is -2.24. The Kier molecular flexibility index (Phi) is 5.33. The lowest BCUT2D eigenvalue weighted by atomic mass is 10.1. The van der Waals surface area contributed by atoms with E-state index in [1.165, 1.54) is 0 Å². The lowest BCUT2D eigenvalue weighted by molar-refractivity contribution is 0.0951. The first kappa shape index (κ1) is 15.5. The van der Waals surface area contributed by atoms with Crippen molar-refractivity contribution in [2.45, 2.75) is 33.7 Å². The second kappa shape index (κ2) is 7.22. The molecule has 2 aromatic rings. The van der Waals surface area contributed by atoms with E-state index in [0.29, 0.717) is 12.1 Å². The molecule has 21 heavy (non-hydrogen) atoms. The molecule has 4 nitrogen and oxygen atoms in total. The average molecular weight is 303 g/mol. The van der Waals surface area contributed by atoms with Crippen LogP contribution in [0, 0.1) is 13.8 Å². The van der Waals surface area contributed by atoms with Crippen LogP contribution in [-0.2, 0) is 6.54 Å². The van der Waals surface area contributed by atoms with Crippen molar-refractivity contribution in [3.63, 3.8) is 0 Å². The van der Waals surface area contributed by atoms with E-state index in [0.717, 1.165) is 34.9 Å². The summed E-state index contributed by atoms with van der Waals surface area (Å²) in [5.41, 5.74) is 3.62. The van der Waals surface area contributed by atoms with Gasteiger partial charge in [0.25, 0.3) is 5.91 Å². The van der Waals surface area contributed by atoms with Gasteiger partial charge in [-0.05, 0) is 38.0 Å². The maximum absolute atomic E-state index is 12.3. The molecule has 1 amide bonds.